The normalized spacial score (nSPS) is 15.0. The van der Waals surface area contributed by atoms with E-state index in [1.807, 2.05) is 13.8 Å². The first-order chi connectivity index (χ1) is 12.4. The lowest BCUT2D eigenvalue weighted by Crippen LogP contribution is -2.52. The summed E-state index contributed by atoms with van der Waals surface area (Å²) in [6.45, 7) is 8.02. The van der Waals surface area contributed by atoms with E-state index in [1.54, 1.807) is 9.80 Å². The Morgan fingerprint density at radius 2 is 1.85 bits per heavy atom. The van der Waals surface area contributed by atoms with Crippen LogP contribution in [0.1, 0.15) is 13.8 Å². The van der Waals surface area contributed by atoms with Crippen LogP contribution in [0.5, 0.6) is 5.75 Å². The molecule has 1 fully saturated rings. The van der Waals surface area contributed by atoms with Gasteiger partial charge in [0.15, 0.2) is 6.61 Å². The summed E-state index contributed by atoms with van der Waals surface area (Å²) in [6.07, 6.45) is 0. The summed E-state index contributed by atoms with van der Waals surface area (Å²) in [5.74, 6) is -0.194. The van der Waals surface area contributed by atoms with Crippen LogP contribution in [0.4, 0.5) is 4.39 Å². The molecule has 0 unspecified atom stereocenters. The lowest BCUT2D eigenvalue weighted by Gasteiger charge is -2.35. The molecule has 1 saturated heterocycles. The van der Waals surface area contributed by atoms with Crippen LogP contribution in [0, 0.1) is 5.82 Å². The van der Waals surface area contributed by atoms with Crippen LogP contribution < -0.4 is 4.74 Å². The fourth-order valence-electron chi connectivity index (χ4n) is 2.83. The summed E-state index contributed by atoms with van der Waals surface area (Å²) < 4.78 is 18.5. The monoisotopic (exact) mass is 385 g/mol. The van der Waals surface area contributed by atoms with E-state index in [4.69, 9.17) is 16.3 Å². The Bertz CT molecular complexity index is 632. The average molecular weight is 386 g/mol. The van der Waals surface area contributed by atoms with Crippen LogP contribution >= 0.6 is 11.6 Å². The van der Waals surface area contributed by atoms with Crippen LogP contribution in [0.25, 0.3) is 0 Å². The minimum Gasteiger partial charge on any atom is -0.484 e. The van der Waals surface area contributed by atoms with Crippen molar-refractivity contribution in [2.75, 3.05) is 52.4 Å². The second-order valence-electron chi connectivity index (χ2n) is 6.09. The van der Waals surface area contributed by atoms with Crippen LogP contribution in [0.3, 0.4) is 0 Å². The number of hydrogen-bond donors (Lipinski definition) is 0. The number of nitrogens with zero attached hydrogens (tertiary/aromatic N) is 3. The Balaban J connectivity index is 1.75. The lowest BCUT2D eigenvalue weighted by atomic mass is 10.3. The van der Waals surface area contributed by atoms with Crippen molar-refractivity contribution in [2.45, 2.75) is 13.8 Å². The molecule has 1 aliphatic rings. The quantitative estimate of drug-likeness (QED) is 0.719. The molecule has 0 bridgehead atoms. The van der Waals surface area contributed by atoms with Gasteiger partial charge in [0.2, 0.25) is 5.91 Å². The van der Waals surface area contributed by atoms with Crippen LogP contribution in [0.15, 0.2) is 18.2 Å². The van der Waals surface area contributed by atoms with Gasteiger partial charge in [0.25, 0.3) is 5.91 Å². The highest BCUT2D eigenvalue weighted by atomic mass is 35.5. The Labute approximate surface area is 158 Å². The first-order valence-electron chi connectivity index (χ1n) is 8.80. The van der Waals surface area contributed by atoms with Crippen molar-refractivity contribution in [3.8, 4) is 5.75 Å². The van der Waals surface area contributed by atoms with Crippen molar-refractivity contribution in [2.24, 2.45) is 0 Å². The molecule has 1 heterocycles. The predicted molar refractivity (Wildman–Crippen MR) is 97.9 cm³/mol. The highest BCUT2D eigenvalue weighted by Gasteiger charge is 2.23. The van der Waals surface area contributed by atoms with Gasteiger partial charge >= 0.3 is 0 Å². The Kier molecular flexibility index (Phi) is 7.66. The van der Waals surface area contributed by atoms with E-state index >= 15 is 0 Å². The van der Waals surface area contributed by atoms with Crippen LogP contribution in [-0.2, 0) is 9.59 Å². The maximum absolute atomic E-state index is 13.1. The van der Waals surface area contributed by atoms with Gasteiger partial charge in [0, 0.05) is 45.3 Å². The standard InChI is InChI=1S/C18H25ClFN3O3/c1-3-22(4-2)17(24)12-21-7-9-23(10-8-21)18(25)13-26-14-5-6-16(20)15(19)11-14/h5-6,11H,3-4,7-10,12-13H2,1-2H3. The molecule has 26 heavy (non-hydrogen) atoms. The minimum absolute atomic E-state index is 0.0403. The van der Waals surface area contributed by atoms with E-state index in [2.05, 4.69) is 4.90 Å². The number of hydrogen-bond acceptors (Lipinski definition) is 4. The van der Waals surface area contributed by atoms with Gasteiger partial charge in [-0.1, -0.05) is 11.6 Å². The number of carbonyl (C=O) groups excluding carboxylic acids is 2. The summed E-state index contributed by atoms with van der Waals surface area (Å²) in [5.41, 5.74) is 0. The van der Waals surface area contributed by atoms with Crippen molar-refractivity contribution in [3.05, 3.63) is 29.0 Å². The van der Waals surface area contributed by atoms with Gasteiger partial charge in [0.1, 0.15) is 11.6 Å². The van der Waals surface area contributed by atoms with Crippen molar-refractivity contribution in [1.82, 2.24) is 14.7 Å². The molecule has 0 saturated carbocycles. The van der Waals surface area contributed by atoms with E-state index in [0.717, 1.165) is 0 Å². The van der Waals surface area contributed by atoms with Gasteiger partial charge in [-0.05, 0) is 26.0 Å². The number of carbonyl (C=O) groups is 2. The molecule has 6 nitrogen and oxygen atoms in total. The fourth-order valence-corrected chi connectivity index (χ4v) is 3.00. The fraction of sp³-hybridized carbons (Fsp3) is 0.556. The zero-order valence-corrected chi connectivity index (χ0v) is 16.0. The molecular formula is C18H25ClFN3O3. The van der Waals surface area contributed by atoms with E-state index in [9.17, 15) is 14.0 Å². The van der Waals surface area contributed by atoms with Crippen LogP contribution in [0.2, 0.25) is 5.02 Å². The smallest absolute Gasteiger partial charge is 0.260 e. The minimum atomic E-state index is -0.527. The third-order valence-corrected chi connectivity index (χ3v) is 4.74. The lowest BCUT2D eigenvalue weighted by molar-refractivity contribution is -0.136. The average Bonchev–Trinajstić information content (AvgIpc) is 2.64. The van der Waals surface area contributed by atoms with Crippen LogP contribution in [-0.4, -0.2) is 78.9 Å². The Morgan fingerprint density at radius 3 is 2.42 bits per heavy atom. The first kappa shape index (κ1) is 20.5. The number of amides is 2. The van der Waals surface area contributed by atoms with Gasteiger partial charge in [-0.2, -0.15) is 0 Å². The van der Waals surface area contributed by atoms with Crippen molar-refractivity contribution in [1.29, 1.82) is 0 Å². The highest BCUT2D eigenvalue weighted by molar-refractivity contribution is 6.30. The molecule has 144 valence electrons. The second kappa shape index (κ2) is 9.73. The number of benzene rings is 1. The summed E-state index contributed by atoms with van der Waals surface area (Å²) in [4.78, 5) is 30.0. The molecule has 0 radical (unpaired) electrons. The van der Waals surface area contributed by atoms with Gasteiger partial charge in [-0.3, -0.25) is 14.5 Å². The number of likely N-dealkylation sites (N-methyl/N-ethyl adjacent to an activating group) is 1. The highest BCUT2D eigenvalue weighted by Crippen LogP contribution is 2.21. The zero-order chi connectivity index (χ0) is 19.1. The molecule has 1 aliphatic heterocycles. The third-order valence-electron chi connectivity index (χ3n) is 4.45. The molecule has 0 N–H and O–H groups in total. The molecule has 0 spiro atoms. The van der Waals surface area contributed by atoms with Crippen molar-refractivity contribution in [3.63, 3.8) is 0 Å². The van der Waals surface area contributed by atoms with Crippen molar-refractivity contribution >= 4 is 23.4 Å². The van der Waals surface area contributed by atoms with Gasteiger partial charge < -0.3 is 14.5 Å². The first-order valence-corrected chi connectivity index (χ1v) is 9.18. The number of rotatable bonds is 7. The molecule has 0 aliphatic carbocycles. The Morgan fingerprint density at radius 1 is 1.19 bits per heavy atom. The summed E-state index contributed by atoms with van der Waals surface area (Å²) in [6, 6.07) is 3.99. The molecule has 2 amide bonds. The number of ether oxygens (including phenoxy) is 1. The molecule has 0 atom stereocenters. The maximum atomic E-state index is 13.1. The molecule has 8 heteroatoms. The molecule has 0 aromatic heterocycles. The molecule has 2 rings (SSSR count). The maximum Gasteiger partial charge on any atom is 0.260 e. The largest absolute Gasteiger partial charge is 0.484 e. The molecule has 1 aromatic rings. The summed E-state index contributed by atoms with van der Waals surface area (Å²) >= 11 is 5.69. The van der Waals surface area contributed by atoms with Gasteiger partial charge in [-0.25, -0.2) is 4.39 Å². The Hall–Kier alpha value is -1.86. The predicted octanol–water partition coefficient (Wildman–Crippen LogP) is 1.87. The van der Waals surface area contributed by atoms with E-state index in [0.29, 0.717) is 51.6 Å². The van der Waals surface area contributed by atoms with Gasteiger partial charge in [-0.15, -0.1) is 0 Å². The topological polar surface area (TPSA) is 53.1 Å². The number of halogens is 2. The van der Waals surface area contributed by atoms with Crippen molar-refractivity contribution < 1.29 is 18.7 Å². The SMILES string of the molecule is CCN(CC)C(=O)CN1CCN(C(=O)COc2ccc(F)c(Cl)c2)CC1. The third kappa shape index (κ3) is 5.57. The summed E-state index contributed by atoms with van der Waals surface area (Å²) in [7, 11) is 0. The molecular weight excluding hydrogens is 361 g/mol. The zero-order valence-electron chi connectivity index (χ0n) is 15.2. The van der Waals surface area contributed by atoms with E-state index in [-0.39, 0.29) is 23.4 Å². The van der Waals surface area contributed by atoms with Gasteiger partial charge in [0.05, 0.1) is 11.6 Å². The summed E-state index contributed by atoms with van der Waals surface area (Å²) in [5, 5.41) is -0.0403. The molecule has 1 aromatic carbocycles. The number of piperazine rings is 1. The van der Waals surface area contributed by atoms with E-state index < -0.39 is 5.82 Å². The van der Waals surface area contributed by atoms with E-state index in [1.165, 1.54) is 18.2 Å². The second-order valence-corrected chi connectivity index (χ2v) is 6.49.